The minimum Gasteiger partial charge on any atom is -0.351 e. The van der Waals surface area contributed by atoms with Crippen LogP contribution in [-0.2, 0) is 17.8 Å². The summed E-state index contributed by atoms with van der Waals surface area (Å²) in [4.78, 5) is 16.1. The van der Waals surface area contributed by atoms with Crippen LogP contribution in [0.3, 0.4) is 0 Å². The van der Waals surface area contributed by atoms with Crippen molar-refractivity contribution in [3.63, 3.8) is 0 Å². The van der Waals surface area contributed by atoms with Crippen LogP contribution in [0.1, 0.15) is 32.9 Å². The van der Waals surface area contributed by atoms with Crippen molar-refractivity contribution in [3.8, 4) is 0 Å². The number of imidazole rings is 1. The quantitative estimate of drug-likeness (QED) is 0.778. The Hall–Kier alpha value is -1.32. The smallest absolute Gasteiger partial charge is 0.223 e. The van der Waals surface area contributed by atoms with Gasteiger partial charge in [-0.3, -0.25) is 4.79 Å². The summed E-state index contributed by atoms with van der Waals surface area (Å²) >= 11 is 0. The molecule has 4 heteroatoms. The van der Waals surface area contributed by atoms with Gasteiger partial charge < -0.3 is 9.88 Å². The van der Waals surface area contributed by atoms with E-state index < -0.39 is 0 Å². The highest BCUT2D eigenvalue weighted by Gasteiger charge is 2.26. The normalized spacial score (nSPS) is 20.3. The molecule has 1 aliphatic rings. The molecule has 1 aliphatic heterocycles. The average molecular weight is 221 g/mol. The van der Waals surface area contributed by atoms with Crippen LogP contribution in [0.15, 0.2) is 12.5 Å². The van der Waals surface area contributed by atoms with E-state index in [0.717, 1.165) is 19.4 Å². The molecule has 0 spiro atoms. The lowest BCUT2D eigenvalue weighted by Crippen LogP contribution is -2.45. The average Bonchev–Trinajstić information content (AvgIpc) is 2.61. The minimum absolute atomic E-state index is 0.100. The number of fused-ring (bicyclic) bond motifs is 1. The van der Waals surface area contributed by atoms with E-state index >= 15 is 0 Å². The molecule has 2 rings (SSSR count). The second-order valence-corrected chi connectivity index (χ2v) is 5.51. The van der Waals surface area contributed by atoms with Crippen molar-refractivity contribution >= 4 is 5.91 Å². The summed E-state index contributed by atoms with van der Waals surface area (Å²) < 4.78 is 2.13. The maximum atomic E-state index is 12.0. The number of hydrogen-bond acceptors (Lipinski definition) is 2. The van der Waals surface area contributed by atoms with Crippen molar-refractivity contribution in [2.24, 2.45) is 5.92 Å². The highest BCUT2D eigenvalue weighted by Crippen LogP contribution is 2.20. The highest BCUT2D eigenvalue weighted by molar-refractivity contribution is 5.79. The minimum atomic E-state index is -0.144. The summed E-state index contributed by atoms with van der Waals surface area (Å²) in [6.45, 7) is 6.94. The monoisotopic (exact) mass is 221 g/mol. The number of aryl methyl sites for hydroxylation is 1. The predicted octanol–water partition coefficient (Wildman–Crippen LogP) is 1.36. The molecule has 0 saturated heterocycles. The maximum Gasteiger partial charge on any atom is 0.223 e. The second-order valence-electron chi connectivity index (χ2n) is 5.51. The highest BCUT2D eigenvalue weighted by atomic mass is 16.2. The molecule has 1 aromatic heterocycles. The largest absolute Gasteiger partial charge is 0.351 e. The van der Waals surface area contributed by atoms with Crippen LogP contribution in [0.5, 0.6) is 0 Å². The van der Waals surface area contributed by atoms with Crippen LogP contribution in [0, 0.1) is 5.92 Å². The first-order valence-corrected chi connectivity index (χ1v) is 5.77. The standard InChI is InChI=1S/C12H19N3O/c1-12(2,3)14-11(16)9-4-5-15-8-13-7-10(15)6-9/h7-9H,4-6H2,1-3H3,(H,14,16). The first-order valence-electron chi connectivity index (χ1n) is 5.77. The number of amides is 1. The van der Waals surface area contributed by atoms with Gasteiger partial charge >= 0.3 is 0 Å². The number of carbonyl (C=O) groups excluding carboxylic acids is 1. The lowest BCUT2D eigenvalue weighted by molar-refractivity contribution is -0.127. The second kappa shape index (κ2) is 3.92. The molecule has 1 aromatic rings. The fourth-order valence-electron chi connectivity index (χ4n) is 2.06. The van der Waals surface area contributed by atoms with E-state index in [0.29, 0.717) is 0 Å². The van der Waals surface area contributed by atoms with E-state index in [1.165, 1.54) is 5.69 Å². The Morgan fingerprint density at radius 2 is 2.31 bits per heavy atom. The molecule has 1 N–H and O–H groups in total. The van der Waals surface area contributed by atoms with Crippen LogP contribution in [-0.4, -0.2) is 21.0 Å². The third-order valence-electron chi connectivity index (χ3n) is 2.84. The molecule has 16 heavy (non-hydrogen) atoms. The van der Waals surface area contributed by atoms with Crippen LogP contribution in [0.2, 0.25) is 0 Å². The molecule has 1 unspecified atom stereocenters. The van der Waals surface area contributed by atoms with E-state index in [1.54, 1.807) is 0 Å². The number of hydrogen-bond donors (Lipinski definition) is 1. The molecule has 88 valence electrons. The van der Waals surface area contributed by atoms with Gasteiger partial charge in [0, 0.05) is 36.3 Å². The van der Waals surface area contributed by atoms with Crippen molar-refractivity contribution in [1.82, 2.24) is 14.9 Å². The van der Waals surface area contributed by atoms with Gasteiger partial charge in [-0.25, -0.2) is 4.98 Å². The number of carbonyl (C=O) groups is 1. The Morgan fingerprint density at radius 1 is 1.56 bits per heavy atom. The Kier molecular flexibility index (Phi) is 2.74. The molecule has 0 aliphatic carbocycles. The van der Waals surface area contributed by atoms with Gasteiger partial charge in [-0.05, 0) is 27.2 Å². The van der Waals surface area contributed by atoms with Gasteiger partial charge in [0.1, 0.15) is 0 Å². The molecule has 0 fully saturated rings. The molecule has 2 heterocycles. The number of rotatable bonds is 1. The molecular formula is C12H19N3O. The van der Waals surface area contributed by atoms with Gasteiger partial charge in [-0.2, -0.15) is 0 Å². The summed E-state index contributed by atoms with van der Waals surface area (Å²) in [6.07, 6.45) is 5.41. The topological polar surface area (TPSA) is 46.9 Å². The van der Waals surface area contributed by atoms with E-state index in [1.807, 2.05) is 33.3 Å². The Bertz CT molecular complexity index is 389. The van der Waals surface area contributed by atoms with Crippen LogP contribution >= 0.6 is 0 Å². The lowest BCUT2D eigenvalue weighted by atomic mass is 9.94. The third-order valence-corrected chi connectivity index (χ3v) is 2.84. The van der Waals surface area contributed by atoms with E-state index in [2.05, 4.69) is 14.9 Å². The summed E-state index contributed by atoms with van der Waals surface area (Å²) in [5, 5.41) is 3.04. The molecule has 1 atom stereocenters. The summed E-state index contributed by atoms with van der Waals surface area (Å²) in [5.74, 6) is 0.267. The molecule has 0 saturated carbocycles. The molecule has 0 aromatic carbocycles. The first kappa shape index (κ1) is 11.2. The molecule has 0 radical (unpaired) electrons. The predicted molar refractivity (Wildman–Crippen MR) is 61.9 cm³/mol. The molecule has 1 amide bonds. The van der Waals surface area contributed by atoms with Crippen LogP contribution in [0.4, 0.5) is 0 Å². The van der Waals surface area contributed by atoms with Crippen molar-refractivity contribution in [3.05, 3.63) is 18.2 Å². The SMILES string of the molecule is CC(C)(C)NC(=O)C1CCn2cncc2C1. The number of aromatic nitrogens is 2. The van der Waals surface area contributed by atoms with Gasteiger partial charge in [0.25, 0.3) is 0 Å². The van der Waals surface area contributed by atoms with Gasteiger partial charge in [0.15, 0.2) is 0 Å². The fraction of sp³-hybridized carbons (Fsp3) is 0.667. The maximum absolute atomic E-state index is 12.0. The third kappa shape index (κ3) is 2.43. The molecule has 0 bridgehead atoms. The summed E-state index contributed by atoms with van der Waals surface area (Å²) in [6, 6.07) is 0. The molecular weight excluding hydrogens is 202 g/mol. The summed E-state index contributed by atoms with van der Waals surface area (Å²) in [5.41, 5.74) is 1.02. The van der Waals surface area contributed by atoms with Crippen LogP contribution in [0.25, 0.3) is 0 Å². The van der Waals surface area contributed by atoms with E-state index in [-0.39, 0.29) is 17.4 Å². The van der Waals surface area contributed by atoms with E-state index in [4.69, 9.17) is 0 Å². The van der Waals surface area contributed by atoms with Gasteiger partial charge in [-0.1, -0.05) is 0 Å². The van der Waals surface area contributed by atoms with Gasteiger partial charge in [0.2, 0.25) is 5.91 Å². The van der Waals surface area contributed by atoms with Crippen molar-refractivity contribution in [2.75, 3.05) is 0 Å². The molecule has 4 nitrogen and oxygen atoms in total. The van der Waals surface area contributed by atoms with Crippen molar-refractivity contribution in [1.29, 1.82) is 0 Å². The Morgan fingerprint density at radius 3 is 3.00 bits per heavy atom. The fourth-order valence-corrected chi connectivity index (χ4v) is 2.06. The zero-order chi connectivity index (χ0) is 11.8. The Labute approximate surface area is 96.1 Å². The first-order chi connectivity index (χ1) is 7.46. The number of nitrogens with one attached hydrogen (secondary N) is 1. The van der Waals surface area contributed by atoms with E-state index in [9.17, 15) is 4.79 Å². The zero-order valence-electron chi connectivity index (χ0n) is 10.2. The van der Waals surface area contributed by atoms with Gasteiger partial charge in [0.05, 0.1) is 6.33 Å². The van der Waals surface area contributed by atoms with Crippen LogP contribution < -0.4 is 5.32 Å². The zero-order valence-corrected chi connectivity index (χ0v) is 10.2. The Balaban J connectivity index is 2.01. The lowest BCUT2D eigenvalue weighted by Gasteiger charge is -2.27. The van der Waals surface area contributed by atoms with Crippen molar-refractivity contribution < 1.29 is 4.79 Å². The van der Waals surface area contributed by atoms with Gasteiger partial charge in [-0.15, -0.1) is 0 Å². The van der Waals surface area contributed by atoms with Crippen molar-refractivity contribution in [2.45, 2.75) is 45.7 Å². The number of nitrogens with zero attached hydrogens (tertiary/aromatic N) is 2. The summed E-state index contributed by atoms with van der Waals surface area (Å²) in [7, 11) is 0.